The summed E-state index contributed by atoms with van der Waals surface area (Å²) in [5, 5.41) is 3.06. The Labute approximate surface area is 241 Å². The van der Waals surface area contributed by atoms with Crippen LogP contribution in [0.2, 0.25) is 0 Å². The van der Waals surface area contributed by atoms with Crippen LogP contribution >= 0.6 is 0 Å². The molecular formula is C31H36FN3O5S. The van der Waals surface area contributed by atoms with Crippen LogP contribution in [0, 0.1) is 5.82 Å². The fourth-order valence-electron chi connectivity index (χ4n) is 5.01. The Morgan fingerprint density at radius 1 is 0.951 bits per heavy atom. The normalized spacial score (nSPS) is 14.6. The lowest BCUT2D eigenvalue weighted by Gasteiger charge is -2.33. The zero-order valence-corrected chi connectivity index (χ0v) is 24.1. The van der Waals surface area contributed by atoms with Crippen molar-refractivity contribution in [3.05, 3.63) is 90.2 Å². The highest BCUT2D eigenvalue weighted by atomic mass is 32.2. The molecule has 8 nitrogen and oxygen atoms in total. The molecule has 41 heavy (non-hydrogen) atoms. The Bertz CT molecular complexity index is 1430. The number of carbonyl (C=O) groups is 2. The van der Waals surface area contributed by atoms with E-state index >= 15 is 0 Å². The minimum atomic E-state index is -4.21. The molecule has 4 rings (SSSR count). The van der Waals surface area contributed by atoms with Crippen LogP contribution in [-0.2, 0) is 26.2 Å². The van der Waals surface area contributed by atoms with Crippen molar-refractivity contribution >= 4 is 27.5 Å². The van der Waals surface area contributed by atoms with Crippen molar-refractivity contribution in [3.8, 4) is 5.75 Å². The number of rotatable bonds is 11. The van der Waals surface area contributed by atoms with Gasteiger partial charge in [-0.3, -0.25) is 13.9 Å². The van der Waals surface area contributed by atoms with E-state index in [1.54, 1.807) is 61.5 Å². The van der Waals surface area contributed by atoms with Crippen molar-refractivity contribution in [2.75, 3.05) is 18.0 Å². The minimum absolute atomic E-state index is 0.00637. The Kier molecular flexibility index (Phi) is 9.99. The molecule has 0 aliphatic heterocycles. The first-order valence-corrected chi connectivity index (χ1v) is 15.2. The van der Waals surface area contributed by atoms with Gasteiger partial charge in [-0.1, -0.05) is 61.7 Å². The van der Waals surface area contributed by atoms with Gasteiger partial charge in [-0.15, -0.1) is 0 Å². The molecule has 10 heteroatoms. The number of ether oxygens (including phenoxy) is 1. The topological polar surface area (TPSA) is 96.0 Å². The average molecular weight is 582 g/mol. The number of carbonyl (C=O) groups excluding carboxylic acids is 2. The van der Waals surface area contributed by atoms with E-state index < -0.39 is 34.3 Å². The van der Waals surface area contributed by atoms with Gasteiger partial charge < -0.3 is 15.0 Å². The third-order valence-electron chi connectivity index (χ3n) is 7.35. The molecule has 0 spiro atoms. The Morgan fingerprint density at radius 3 is 2.24 bits per heavy atom. The van der Waals surface area contributed by atoms with Crippen molar-refractivity contribution in [2.24, 2.45) is 0 Å². The smallest absolute Gasteiger partial charge is 0.264 e. The summed E-state index contributed by atoms with van der Waals surface area (Å²) in [7, 11) is -2.78. The lowest BCUT2D eigenvalue weighted by atomic mass is 9.95. The molecule has 0 radical (unpaired) electrons. The summed E-state index contributed by atoms with van der Waals surface area (Å²) in [6, 6.07) is 19.1. The highest BCUT2D eigenvalue weighted by molar-refractivity contribution is 7.92. The van der Waals surface area contributed by atoms with Crippen LogP contribution in [0.1, 0.15) is 44.6 Å². The molecule has 3 aromatic carbocycles. The van der Waals surface area contributed by atoms with Crippen LogP contribution in [0.3, 0.4) is 0 Å². The molecule has 0 aromatic heterocycles. The summed E-state index contributed by atoms with van der Waals surface area (Å²) in [6.45, 7) is 1.03. The summed E-state index contributed by atoms with van der Waals surface area (Å²) >= 11 is 0. The lowest BCUT2D eigenvalue weighted by Crippen LogP contribution is -2.53. The SMILES string of the molecule is COc1ccccc1N(CC(=O)N(Cc1ccc(F)cc1)[C@H](C)C(=O)NC1CCCCC1)S(=O)(=O)c1ccccc1. The highest BCUT2D eigenvalue weighted by Gasteiger charge is 2.34. The van der Waals surface area contributed by atoms with E-state index in [1.165, 1.54) is 36.3 Å². The molecule has 0 unspecified atom stereocenters. The number of para-hydroxylation sites is 2. The molecular weight excluding hydrogens is 545 g/mol. The Balaban J connectivity index is 1.69. The number of anilines is 1. The van der Waals surface area contributed by atoms with Crippen LogP contribution < -0.4 is 14.4 Å². The maximum absolute atomic E-state index is 14.0. The van der Waals surface area contributed by atoms with Gasteiger partial charge in [0.25, 0.3) is 10.0 Å². The summed E-state index contributed by atoms with van der Waals surface area (Å²) < 4.78 is 47.9. The van der Waals surface area contributed by atoms with E-state index in [9.17, 15) is 22.4 Å². The summed E-state index contributed by atoms with van der Waals surface area (Å²) in [4.78, 5) is 28.7. The van der Waals surface area contributed by atoms with Crippen molar-refractivity contribution in [1.29, 1.82) is 0 Å². The Hall–Kier alpha value is -3.92. The van der Waals surface area contributed by atoms with Gasteiger partial charge >= 0.3 is 0 Å². The lowest BCUT2D eigenvalue weighted by molar-refractivity contribution is -0.139. The summed E-state index contributed by atoms with van der Waals surface area (Å²) in [5.74, 6) is -1.06. The fourth-order valence-corrected chi connectivity index (χ4v) is 6.45. The molecule has 0 bridgehead atoms. The second-order valence-corrected chi connectivity index (χ2v) is 12.0. The molecule has 2 amide bonds. The highest BCUT2D eigenvalue weighted by Crippen LogP contribution is 2.32. The van der Waals surface area contributed by atoms with Gasteiger partial charge in [-0.05, 0) is 61.7 Å². The van der Waals surface area contributed by atoms with Gasteiger partial charge in [0.15, 0.2) is 0 Å². The van der Waals surface area contributed by atoms with Crippen molar-refractivity contribution in [2.45, 2.75) is 62.6 Å². The van der Waals surface area contributed by atoms with Gasteiger partial charge in [-0.25, -0.2) is 12.8 Å². The number of hydrogen-bond donors (Lipinski definition) is 1. The molecule has 1 saturated carbocycles. The van der Waals surface area contributed by atoms with E-state index in [1.807, 2.05) is 0 Å². The number of benzene rings is 3. The van der Waals surface area contributed by atoms with Crippen molar-refractivity contribution in [3.63, 3.8) is 0 Å². The van der Waals surface area contributed by atoms with E-state index in [0.29, 0.717) is 5.56 Å². The molecule has 1 N–H and O–H groups in total. The molecule has 1 atom stereocenters. The molecule has 1 fully saturated rings. The molecule has 0 saturated heterocycles. The van der Waals surface area contributed by atoms with Crippen LogP contribution in [0.25, 0.3) is 0 Å². The number of halogens is 1. The second-order valence-electron chi connectivity index (χ2n) is 10.2. The molecule has 1 aliphatic rings. The van der Waals surface area contributed by atoms with Crippen molar-refractivity contribution < 1.29 is 27.1 Å². The number of sulfonamides is 1. The van der Waals surface area contributed by atoms with E-state index in [0.717, 1.165) is 36.4 Å². The first-order chi connectivity index (χ1) is 19.7. The number of methoxy groups -OCH3 is 1. The van der Waals surface area contributed by atoms with E-state index in [4.69, 9.17) is 4.74 Å². The van der Waals surface area contributed by atoms with Gasteiger partial charge in [0.05, 0.1) is 17.7 Å². The van der Waals surface area contributed by atoms with Crippen LogP contribution in [0.4, 0.5) is 10.1 Å². The van der Waals surface area contributed by atoms with Gasteiger partial charge in [0.2, 0.25) is 11.8 Å². The second kappa shape index (κ2) is 13.6. The quantitative estimate of drug-likeness (QED) is 0.348. The van der Waals surface area contributed by atoms with E-state index in [2.05, 4.69) is 5.32 Å². The number of nitrogens with zero attached hydrogens (tertiary/aromatic N) is 2. The van der Waals surface area contributed by atoms with E-state index in [-0.39, 0.29) is 34.8 Å². The van der Waals surface area contributed by atoms with Gasteiger partial charge in [0, 0.05) is 12.6 Å². The van der Waals surface area contributed by atoms with Gasteiger partial charge in [0.1, 0.15) is 24.2 Å². The third-order valence-corrected chi connectivity index (χ3v) is 9.12. The minimum Gasteiger partial charge on any atom is -0.495 e. The maximum atomic E-state index is 14.0. The fraction of sp³-hybridized carbons (Fsp3) is 0.355. The first kappa shape index (κ1) is 30.0. The number of hydrogen-bond acceptors (Lipinski definition) is 5. The van der Waals surface area contributed by atoms with Gasteiger partial charge in [-0.2, -0.15) is 0 Å². The van der Waals surface area contributed by atoms with Crippen LogP contribution in [0.5, 0.6) is 5.75 Å². The molecule has 1 aliphatic carbocycles. The molecule has 0 heterocycles. The summed E-state index contributed by atoms with van der Waals surface area (Å²) in [6.07, 6.45) is 4.94. The van der Waals surface area contributed by atoms with Crippen LogP contribution in [0.15, 0.2) is 83.8 Å². The van der Waals surface area contributed by atoms with Crippen molar-refractivity contribution in [1.82, 2.24) is 10.2 Å². The summed E-state index contributed by atoms with van der Waals surface area (Å²) in [5.41, 5.74) is 0.792. The van der Waals surface area contributed by atoms with Crippen LogP contribution in [-0.4, -0.2) is 50.9 Å². The third kappa shape index (κ3) is 7.43. The number of nitrogens with one attached hydrogen (secondary N) is 1. The Morgan fingerprint density at radius 2 is 1.59 bits per heavy atom. The number of amides is 2. The maximum Gasteiger partial charge on any atom is 0.264 e. The molecule has 218 valence electrons. The zero-order valence-electron chi connectivity index (χ0n) is 23.3. The standard InChI is InChI=1S/C31H36FN3O5S/c1-23(31(37)33-26-11-5-3-6-12-26)34(21-24-17-19-25(32)20-18-24)30(36)22-35(28-15-9-10-16-29(28)40-2)41(38,39)27-13-7-4-8-14-27/h4,7-10,13-20,23,26H,3,5-6,11-12,21-22H2,1-2H3,(H,33,37)/t23-/m1/s1. The largest absolute Gasteiger partial charge is 0.495 e. The predicted octanol–water partition coefficient (Wildman–Crippen LogP) is 4.90. The first-order valence-electron chi connectivity index (χ1n) is 13.8. The predicted molar refractivity (Wildman–Crippen MR) is 155 cm³/mol. The molecule has 3 aromatic rings. The zero-order chi connectivity index (χ0) is 29.4. The average Bonchev–Trinajstić information content (AvgIpc) is 3.00. The monoisotopic (exact) mass is 581 g/mol.